The number of benzene rings is 2. The van der Waals surface area contributed by atoms with Crippen LogP contribution in [0, 0.1) is 5.82 Å². The first-order valence-electron chi connectivity index (χ1n) is 10.3. The standard InChI is InChI=1S/C24H22BrClFN3O2S/c1-24(2,3)33(31)30-19(13-20-18(27)10-11-22(25)28-20)15-6-4-5-7-16(15)23-17-9-8-14(26)12-21(17)32-29-23/h4-12,19,30H,13H2,1-3H3. The minimum atomic E-state index is -1.41. The van der Waals surface area contributed by atoms with E-state index < -0.39 is 28.0 Å². The summed E-state index contributed by atoms with van der Waals surface area (Å²) < 4.78 is 36.4. The van der Waals surface area contributed by atoms with Crippen molar-refractivity contribution in [1.82, 2.24) is 14.9 Å². The van der Waals surface area contributed by atoms with Crippen LogP contribution in [0.3, 0.4) is 0 Å². The fourth-order valence-corrected chi connectivity index (χ4v) is 4.77. The van der Waals surface area contributed by atoms with E-state index in [1.165, 1.54) is 6.07 Å². The van der Waals surface area contributed by atoms with Gasteiger partial charge in [-0.05, 0) is 66.5 Å². The zero-order valence-corrected chi connectivity index (χ0v) is 21.4. The van der Waals surface area contributed by atoms with Gasteiger partial charge in [-0.3, -0.25) is 0 Å². The molecule has 0 aliphatic carbocycles. The maximum atomic E-state index is 14.6. The van der Waals surface area contributed by atoms with Crippen LogP contribution in [-0.2, 0) is 17.8 Å². The van der Waals surface area contributed by atoms with Crippen LogP contribution in [0.25, 0.3) is 22.2 Å². The maximum Gasteiger partial charge on any atom is 0.169 e. The Balaban J connectivity index is 1.82. The SMILES string of the molecule is CC(C)(C)[S+]([O-])NC(Cc1nc(Br)ccc1F)c1ccccc1-c1noc2cc(Cl)ccc12. The summed E-state index contributed by atoms with van der Waals surface area (Å²) >= 11 is 8.00. The number of pyridine rings is 1. The molecule has 2 aromatic carbocycles. The maximum absolute atomic E-state index is 14.6. The van der Waals surface area contributed by atoms with Gasteiger partial charge in [0.15, 0.2) is 5.58 Å². The Morgan fingerprint density at radius 3 is 2.70 bits per heavy atom. The quantitative estimate of drug-likeness (QED) is 0.212. The highest BCUT2D eigenvalue weighted by atomic mass is 79.9. The van der Waals surface area contributed by atoms with Crippen molar-refractivity contribution in [2.75, 3.05) is 0 Å². The first-order valence-corrected chi connectivity index (χ1v) is 12.6. The molecule has 0 spiro atoms. The fourth-order valence-electron chi connectivity index (χ4n) is 3.44. The summed E-state index contributed by atoms with van der Waals surface area (Å²) in [5, 5.41) is 5.63. The molecule has 4 rings (SSSR count). The molecule has 0 bridgehead atoms. The Hall–Kier alpha value is -1.97. The van der Waals surface area contributed by atoms with E-state index in [-0.39, 0.29) is 12.1 Å². The molecule has 2 atom stereocenters. The van der Waals surface area contributed by atoms with Crippen LogP contribution >= 0.6 is 27.5 Å². The van der Waals surface area contributed by atoms with Crippen LogP contribution in [0.5, 0.6) is 0 Å². The topological polar surface area (TPSA) is 74.0 Å². The van der Waals surface area contributed by atoms with Crippen molar-refractivity contribution in [2.24, 2.45) is 0 Å². The predicted molar refractivity (Wildman–Crippen MR) is 134 cm³/mol. The Morgan fingerprint density at radius 2 is 1.94 bits per heavy atom. The molecule has 0 amide bonds. The highest BCUT2D eigenvalue weighted by Gasteiger charge is 2.32. The number of rotatable bonds is 6. The average Bonchev–Trinajstić information content (AvgIpc) is 3.18. The van der Waals surface area contributed by atoms with Crippen molar-refractivity contribution in [3.05, 3.63) is 81.3 Å². The van der Waals surface area contributed by atoms with Crippen molar-refractivity contribution in [3.63, 3.8) is 0 Å². The van der Waals surface area contributed by atoms with Gasteiger partial charge in [0.1, 0.15) is 20.9 Å². The molecule has 0 fully saturated rings. The summed E-state index contributed by atoms with van der Waals surface area (Å²) in [5.74, 6) is -0.425. The van der Waals surface area contributed by atoms with Gasteiger partial charge in [-0.15, -0.1) is 4.72 Å². The summed E-state index contributed by atoms with van der Waals surface area (Å²) in [4.78, 5) is 4.31. The summed E-state index contributed by atoms with van der Waals surface area (Å²) in [7, 11) is 0. The minimum absolute atomic E-state index is 0.186. The zero-order chi connectivity index (χ0) is 23.8. The van der Waals surface area contributed by atoms with Crippen molar-refractivity contribution in [3.8, 4) is 11.3 Å². The second-order valence-corrected chi connectivity index (χ2v) is 11.8. The summed E-state index contributed by atoms with van der Waals surface area (Å²) in [6, 6.07) is 15.4. The van der Waals surface area contributed by atoms with Gasteiger partial charge >= 0.3 is 0 Å². The van der Waals surface area contributed by atoms with E-state index in [2.05, 4.69) is 30.8 Å². The zero-order valence-electron chi connectivity index (χ0n) is 18.2. The van der Waals surface area contributed by atoms with Crippen LogP contribution in [0.4, 0.5) is 4.39 Å². The minimum Gasteiger partial charge on any atom is -0.598 e. The fraction of sp³-hybridized carbons (Fsp3) is 0.250. The average molecular weight is 551 g/mol. The molecular formula is C24H22BrClFN3O2S. The van der Waals surface area contributed by atoms with Gasteiger partial charge < -0.3 is 9.08 Å². The molecule has 2 aromatic heterocycles. The third-order valence-electron chi connectivity index (χ3n) is 5.11. The number of hydrogen-bond donors (Lipinski definition) is 1. The summed E-state index contributed by atoms with van der Waals surface area (Å²) in [6.07, 6.45) is 0.186. The van der Waals surface area contributed by atoms with Crippen LogP contribution in [0.1, 0.15) is 38.1 Å². The number of halogens is 3. The van der Waals surface area contributed by atoms with Crippen LogP contribution in [0.15, 0.2) is 63.7 Å². The van der Waals surface area contributed by atoms with E-state index in [0.29, 0.717) is 20.9 Å². The largest absolute Gasteiger partial charge is 0.598 e. The number of nitrogens with one attached hydrogen (secondary N) is 1. The van der Waals surface area contributed by atoms with Gasteiger partial charge in [-0.25, -0.2) is 9.37 Å². The van der Waals surface area contributed by atoms with E-state index in [4.69, 9.17) is 16.1 Å². The Morgan fingerprint density at radius 1 is 1.18 bits per heavy atom. The molecule has 9 heteroatoms. The van der Waals surface area contributed by atoms with Crippen molar-refractivity contribution in [2.45, 2.75) is 38.0 Å². The van der Waals surface area contributed by atoms with Crippen molar-refractivity contribution < 1.29 is 13.5 Å². The number of aromatic nitrogens is 2. The van der Waals surface area contributed by atoms with Crippen LogP contribution < -0.4 is 4.72 Å². The smallest absolute Gasteiger partial charge is 0.169 e. The Labute approximate surface area is 208 Å². The van der Waals surface area contributed by atoms with Crippen molar-refractivity contribution >= 4 is 49.9 Å². The van der Waals surface area contributed by atoms with E-state index >= 15 is 0 Å². The van der Waals surface area contributed by atoms with Gasteiger partial charge in [0, 0.05) is 39.8 Å². The predicted octanol–water partition coefficient (Wildman–Crippen LogP) is 6.78. The van der Waals surface area contributed by atoms with Crippen LogP contribution in [-0.4, -0.2) is 19.4 Å². The highest BCUT2D eigenvalue weighted by Crippen LogP contribution is 2.36. The molecule has 4 aromatic rings. The molecule has 2 heterocycles. The lowest BCUT2D eigenvalue weighted by Gasteiger charge is -2.29. The Bertz CT molecular complexity index is 1290. The lowest BCUT2D eigenvalue weighted by Crippen LogP contribution is -2.42. The molecule has 5 nitrogen and oxygen atoms in total. The second kappa shape index (κ2) is 9.72. The molecule has 0 aliphatic rings. The summed E-state index contributed by atoms with van der Waals surface area (Å²) in [5.41, 5.74) is 3.06. The summed E-state index contributed by atoms with van der Waals surface area (Å²) in [6.45, 7) is 5.64. The number of fused-ring (bicyclic) bond motifs is 1. The van der Waals surface area contributed by atoms with Crippen molar-refractivity contribution in [1.29, 1.82) is 0 Å². The molecule has 2 unspecified atom stereocenters. The van der Waals surface area contributed by atoms with E-state index in [1.807, 2.05) is 51.1 Å². The first kappa shape index (κ1) is 24.2. The monoisotopic (exact) mass is 549 g/mol. The second-order valence-electron chi connectivity index (χ2n) is 8.58. The molecular weight excluding hydrogens is 529 g/mol. The lowest BCUT2D eigenvalue weighted by atomic mass is 9.94. The van der Waals surface area contributed by atoms with Gasteiger partial charge in [-0.1, -0.05) is 41.0 Å². The van der Waals surface area contributed by atoms with E-state index in [9.17, 15) is 8.94 Å². The molecule has 0 saturated heterocycles. The highest BCUT2D eigenvalue weighted by molar-refractivity contribution is 9.10. The lowest BCUT2D eigenvalue weighted by molar-refractivity contribution is 0.459. The molecule has 1 N–H and O–H groups in total. The molecule has 0 aliphatic heterocycles. The third-order valence-corrected chi connectivity index (χ3v) is 7.40. The first-order chi connectivity index (χ1) is 15.6. The Kier molecular flexibility index (Phi) is 7.12. The van der Waals surface area contributed by atoms with E-state index in [0.717, 1.165) is 16.5 Å². The normalized spacial score (nSPS) is 13.9. The van der Waals surface area contributed by atoms with E-state index in [1.54, 1.807) is 18.2 Å². The van der Waals surface area contributed by atoms with Gasteiger partial charge in [0.25, 0.3) is 0 Å². The van der Waals surface area contributed by atoms with Crippen LogP contribution in [0.2, 0.25) is 5.02 Å². The van der Waals surface area contributed by atoms with Gasteiger partial charge in [0.2, 0.25) is 0 Å². The van der Waals surface area contributed by atoms with Gasteiger partial charge in [0.05, 0.1) is 11.7 Å². The number of nitrogens with zero attached hydrogens (tertiary/aromatic N) is 2. The molecule has 0 saturated carbocycles. The molecule has 33 heavy (non-hydrogen) atoms. The molecule has 172 valence electrons. The number of hydrogen-bond acceptors (Lipinski definition) is 5. The molecule has 0 radical (unpaired) electrons. The third kappa shape index (κ3) is 5.41. The van der Waals surface area contributed by atoms with Gasteiger partial charge in [-0.2, -0.15) is 0 Å².